The van der Waals surface area contributed by atoms with Gasteiger partial charge >= 0.3 is 0 Å². The lowest BCUT2D eigenvalue weighted by atomic mass is 9.99. The highest BCUT2D eigenvalue weighted by atomic mass is 16.5. The number of hydrogen-bond donors (Lipinski definition) is 1. The minimum atomic E-state index is -0.624. The van der Waals surface area contributed by atoms with Crippen molar-refractivity contribution in [1.29, 1.82) is 0 Å². The average molecular weight is 352 g/mol. The Balaban J connectivity index is 1.82. The van der Waals surface area contributed by atoms with Gasteiger partial charge in [0.15, 0.2) is 0 Å². The summed E-state index contributed by atoms with van der Waals surface area (Å²) < 4.78 is 5.82. The van der Waals surface area contributed by atoms with Crippen LogP contribution in [0.1, 0.15) is 35.2 Å². The van der Waals surface area contributed by atoms with Crippen LogP contribution in [-0.2, 0) is 9.59 Å². The van der Waals surface area contributed by atoms with Gasteiger partial charge in [0, 0.05) is 12.5 Å². The summed E-state index contributed by atoms with van der Waals surface area (Å²) in [5, 5.41) is 2.79. The van der Waals surface area contributed by atoms with Crippen LogP contribution in [0.2, 0.25) is 0 Å². The van der Waals surface area contributed by atoms with Gasteiger partial charge < -0.3 is 15.0 Å². The molecule has 3 rings (SSSR count). The molecule has 0 aromatic heterocycles. The van der Waals surface area contributed by atoms with Crippen molar-refractivity contribution in [3.05, 3.63) is 58.7 Å². The van der Waals surface area contributed by atoms with Gasteiger partial charge in [-0.05, 0) is 49.6 Å². The molecule has 136 valence electrons. The van der Waals surface area contributed by atoms with Crippen LogP contribution in [0.3, 0.4) is 0 Å². The molecule has 0 saturated heterocycles. The molecular formula is C21H24N2O3. The number of hydrogen-bond acceptors (Lipinski definition) is 3. The van der Waals surface area contributed by atoms with Crippen LogP contribution in [0.25, 0.3) is 0 Å². The summed E-state index contributed by atoms with van der Waals surface area (Å²) in [4.78, 5) is 26.3. The third kappa shape index (κ3) is 3.43. The van der Waals surface area contributed by atoms with Crippen LogP contribution in [0.15, 0.2) is 36.4 Å². The fraction of sp³-hybridized carbons (Fsp3) is 0.333. The summed E-state index contributed by atoms with van der Waals surface area (Å²) >= 11 is 0. The quantitative estimate of drug-likeness (QED) is 0.899. The highest BCUT2D eigenvalue weighted by Crippen LogP contribution is 2.40. The zero-order chi connectivity index (χ0) is 18.8. The molecule has 0 unspecified atom stereocenters. The van der Waals surface area contributed by atoms with Crippen molar-refractivity contribution >= 4 is 17.5 Å². The van der Waals surface area contributed by atoms with Crippen molar-refractivity contribution in [2.45, 2.75) is 33.7 Å². The molecule has 2 aromatic rings. The van der Waals surface area contributed by atoms with Crippen molar-refractivity contribution < 1.29 is 14.3 Å². The molecule has 26 heavy (non-hydrogen) atoms. The number of amides is 2. The number of rotatable bonds is 5. The first-order valence-corrected chi connectivity index (χ1v) is 8.76. The van der Waals surface area contributed by atoms with Gasteiger partial charge in [-0.1, -0.05) is 24.3 Å². The molecule has 0 spiro atoms. The van der Waals surface area contributed by atoms with E-state index in [4.69, 9.17) is 4.74 Å². The Morgan fingerprint density at radius 1 is 1.15 bits per heavy atom. The number of fused-ring (bicyclic) bond motifs is 1. The highest BCUT2D eigenvalue weighted by Gasteiger charge is 2.39. The SMILES string of the molecule is CC(=O)N[C@H]1C(=O)N(CCOc2cccc(C)c2)c2c(C)ccc(C)c21. The second-order valence-corrected chi connectivity index (χ2v) is 6.75. The molecule has 0 bridgehead atoms. The number of nitrogens with one attached hydrogen (secondary N) is 1. The van der Waals surface area contributed by atoms with Crippen LogP contribution >= 0.6 is 0 Å². The lowest BCUT2D eigenvalue weighted by molar-refractivity contribution is -0.126. The van der Waals surface area contributed by atoms with Gasteiger partial charge in [0.05, 0.1) is 12.2 Å². The van der Waals surface area contributed by atoms with E-state index in [0.29, 0.717) is 13.2 Å². The van der Waals surface area contributed by atoms with Crippen molar-refractivity contribution in [1.82, 2.24) is 5.32 Å². The van der Waals surface area contributed by atoms with E-state index in [0.717, 1.165) is 33.7 Å². The number of aryl methyl sites for hydroxylation is 3. The zero-order valence-electron chi connectivity index (χ0n) is 15.6. The maximum absolute atomic E-state index is 13.0. The van der Waals surface area contributed by atoms with E-state index in [1.807, 2.05) is 57.2 Å². The molecule has 5 heteroatoms. The van der Waals surface area contributed by atoms with Gasteiger partial charge in [0.1, 0.15) is 18.4 Å². The van der Waals surface area contributed by atoms with Gasteiger partial charge in [0.2, 0.25) is 5.91 Å². The number of ether oxygens (including phenoxy) is 1. The van der Waals surface area contributed by atoms with Crippen molar-refractivity contribution in [3.63, 3.8) is 0 Å². The maximum atomic E-state index is 13.0. The smallest absolute Gasteiger partial charge is 0.254 e. The minimum absolute atomic E-state index is 0.111. The summed E-state index contributed by atoms with van der Waals surface area (Å²) in [5.41, 5.74) is 4.92. The first-order chi connectivity index (χ1) is 12.4. The van der Waals surface area contributed by atoms with E-state index in [9.17, 15) is 9.59 Å². The number of carbonyl (C=O) groups excluding carboxylic acids is 2. The molecule has 0 radical (unpaired) electrons. The summed E-state index contributed by atoms with van der Waals surface area (Å²) in [6.07, 6.45) is 0. The molecule has 1 N–H and O–H groups in total. The number of carbonyl (C=O) groups is 2. The second kappa shape index (κ2) is 7.20. The van der Waals surface area contributed by atoms with Crippen LogP contribution in [0, 0.1) is 20.8 Å². The molecular weight excluding hydrogens is 328 g/mol. The van der Waals surface area contributed by atoms with E-state index in [1.165, 1.54) is 6.92 Å². The van der Waals surface area contributed by atoms with E-state index >= 15 is 0 Å². The van der Waals surface area contributed by atoms with Gasteiger partial charge in [-0.3, -0.25) is 9.59 Å². The Hall–Kier alpha value is -2.82. The van der Waals surface area contributed by atoms with Crippen LogP contribution in [-0.4, -0.2) is 25.0 Å². The summed E-state index contributed by atoms with van der Waals surface area (Å²) in [7, 11) is 0. The summed E-state index contributed by atoms with van der Waals surface area (Å²) in [6, 6.07) is 11.2. The number of anilines is 1. The van der Waals surface area contributed by atoms with Crippen LogP contribution in [0.4, 0.5) is 5.69 Å². The van der Waals surface area contributed by atoms with Gasteiger partial charge in [-0.15, -0.1) is 0 Å². The van der Waals surface area contributed by atoms with E-state index in [1.54, 1.807) is 4.90 Å². The lowest BCUT2D eigenvalue weighted by Crippen LogP contribution is -2.38. The van der Waals surface area contributed by atoms with E-state index in [-0.39, 0.29) is 11.8 Å². The van der Waals surface area contributed by atoms with Crippen molar-refractivity contribution in [3.8, 4) is 5.75 Å². The predicted octanol–water partition coefficient (Wildman–Crippen LogP) is 3.21. The van der Waals surface area contributed by atoms with E-state index in [2.05, 4.69) is 5.32 Å². The van der Waals surface area contributed by atoms with Crippen LogP contribution < -0.4 is 15.0 Å². The molecule has 0 saturated carbocycles. The zero-order valence-corrected chi connectivity index (χ0v) is 15.6. The number of nitrogens with zero attached hydrogens (tertiary/aromatic N) is 1. The maximum Gasteiger partial charge on any atom is 0.254 e. The topological polar surface area (TPSA) is 58.6 Å². The molecule has 1 heterocycles. The summed E-state index contributed by atoms with van der Waals surface area (Å²) in [5.74, 6) is 0.463. The Morgan fingerprint density at radius 2 is 1.88 bits per heavy atom. The number of benzene rings is 2. The van der Waals surface area contributed by atoms with Crippen LogP contribution in [0.5, 0.6) is 5.75 Å². The lowest BCUT2D eigenvalue weighted by Gasteiger charge is -2.20. The standard InChI is InChI=1S/C21H24N2O3/c1-13-6-5-7-17(12-13)26-11-10-23-20-15(3)9-8-14(2)18(20)19(21(23)25)22-16(4)24/h5-9,12,19H,10-11H2,1-4H3,(H,22,24)/t19-/m1/s1. The third-order valence-electron chi connectivity index (χ3n) is 4.63. The largest absolute Gasteiger partial charge is 0.492 e. The fourth-order valence-corrected chi connectivity index (χ4v) is 3.45. The summed E-state index contributed by atoms with van der Waals surface area (Å²) in [6.45, 7) is 8.21. The molecule has 5 nitrogen and oxygen atoms in total. The minimum Gasteiger partial charge on any atom is -0.492 e. The normalized spacial score (nSPS) is 15.8. The average Bonchev–Trinajstić information content (AvgIpc) is 2.85. The van der Waals surface area contributed by atoms with Gasteiger partial charge in [0.25, 0.3) is 5.91 Å². The van der Waals surface area contributed by atoms with Crippen molar-refractivity contribution in [2.24, 2.45) is 0 Å². The third-order valence-corrected chi connectivity index (χ3v) is 4.63. The Labute approximate surface area is 154 Å². The first kappa shape index (κ1) is 18.0. The molecule has 1 aliphatic heterocycles. The molecule has 0 aliphatic carbocycles. The second-order valence-electron chi connectivity index (χ2n) is 6.75. The molecule has 2 aromatic carbocycles. The van der Waals surface area contributed by atoms with Gasteiger partial charge in [-0.25, -0.2) is 0 Å². The van der Waals surface area contributed by atoms with Crippen molar-refractivity contribution in [2.75, 3.05) is 18.1 Å². The Morgan fingerprint density at radius 3 is 2.58 bits per heavy atom. The molecule has 1 aliphatic rings. The molecule has 1 atom stereocenters. The van der Waals surface area contributed by atoms with Gasteiger partial charge in [-0.2, -0.15) is 0 Å². The Kier molecular flexibility index (Phi) is 4.98. The molecule has 2 amide bonds. The highest BCUT2D eigenvalue weighted by molar-refractivity contribution is 6.07. The van der Waals surface area contributed by atoms with E-state index < -0.39 is 6.04 Å². The Bertz CT molecular complexity index is 860. The predicted molar refractivity (Wildman–Crippen MR) is 102 cm³/mol. The molecule has 0 fully saturated rings. The monoisotopic (exact) mass is 352 g/mol. The first-order valence-electron chi connectivity index (χ1n) is 8.76. The fourth-order valence-electron chi connectivity index (χ4n) is 3.45.